The Morgan fingerprint density at radius 1 is 0.909 bits per heavy atom. The van der Waals surface area contributed by atoms with Gasteiger partial charge in [-0.15, -0.1) is 0 Å². The van der Waals surface area contributed by atoms with Crippen LogP contribution in [-0.2, 0) is 9.59 Å². The zero-order chi connectivity index (χ0) is 15.2. The predicted molar refractivity (Wildman–Crippen MR) is 83.7 cm³/mol. The molecule has 2 bridgehead atoms. The number of carbonyl (C=O) groups excluding carboxylic acids is 2. The second-order valence-electron chi connectivity index (χ2n) is 6.86. The van der Waals surface area contributed by atoms with Crippen molar-refractivity contribution in [1.29, 1.82) is 0 Å². The molecule has 5 heteroatoms. The van der Waals surface area contributed by atoms with Crippen LogP contribution in [0.5, 0.6) is 0 Å². The Balaban J connectivity index is 1.59. The molecule has 0 aromatic heterocycles. The Morgan fingerprint density at radius 3 is 1.86 bits per heavy atom. The fourth-order valence-electron chi connectivity index (χ4n) is 5.00. The summed E-state index contributed by atoms with van der Waals surface area (Å²) >= 11 is 12.0. The van der Waals surface area contributed by atoms with Gasteiger partial charge in [-0.25, -0.2) is 4.90 Å². The van der Waals surface area contributed by atoms with Gasteiger partial charge in [0.1, 0.15) is 0 Å². The smallest absolute Gasteiger partial charge is 0.238 e. The number of amides is 2. The largest absolute Gasteiger partial charge is 0.274 e. The van der Waals surface area contributed by atoms with Crippen molar-refractivity contribution in [3.05, 3.63) is 40.4 Å². The van der Waals surface area contributed by atoms with E-state index in [9.17, 15) is 9.59 Å². The summed E-state index contributed by atoms with van der Waals surface area (Å²) in [5.41, 5.74) is 0.713. The lowest BCUT2D eigenvalue weighted by atomic mass is 9.85. The van der Waals surface area contributed by atoms with Gasteiger partial charge >= 0.3 is 0 Å². The molecule has 4 atom stereocenters. The summed E-state index contributed by atoms with van der Waals surface area (Å²) in [6.07, 6.45) is 6.62. The van der Waals surface area contributed by atoms with Crippen LogP contribution in [0.15, 0.2) is 30.4 Å². The van der Waals surface area contributed by atoms with Crippen LogP contribution < -0.4 is 4.90 Å². The van der Waals surface area contributed by atoms with Gasteiger partial charge < -0.3 is 0 Å². The minimum atomic E-state index is -0.192. The molecule has 3 fully saturated rings. The molecular formula is C17H13Cl2NO2. The van der Waals surface area contributed by atoms with Crippen molar-refractivity contribution in [2.45, 2.75) is 12.8 Å². The number of carbonyl (C=O) groups is 2. The van der Waals surface area contributed by atoms with E-state index in [1.165, 1.54) is 4.90 Å². The maximum atomic E-state index is 12.9. The Morgan fingerprint density at radius 2 is 1.41 bits per heavy atom. The van der Waals surface area contributed by atoms with Gasteiger partial charge in [0.25, 0.3) is 0 Å². The maximum absolute atomic E-state index is 12.9. The minimum Gasteiger partial charge on any atom is -0.274 e. The first kappa shape index (κ1) is 13.1. The van der Waals surface area contributed by atoms with E-state index < -0.39 is 0 Å². The number of imide groups is 1. The molecule has 4 aliphatic rings. The van der Waals surface area contributed by atoms with Gasteiger partial charge in [-0.2, -0.15) is 0 Å². The SMILES string of the molecule is O=C1C2C(C(=O)N1c1cc(Cl)cc(Cl)c1)C1C=CC2C12CC2. The summed E-state index contributed by atoms with van der Waals surface area (Å²) in [5.74, 6) is -0.0874. The summed E-state index contributed by atoms with van der Waals surface area (Å²) < 4.78 is 0. The average molecular weight is 334 g/mol. The van der Waals surface area contributed by atoms with Crippen molar-refractivity contribution in [3.63, 3.8) is 0 Å². The second-order valence-corrected chi connectivity index (χ2v) is 7.73. The molecule has 1 aromatic rings. The van der Waals surface area contributed by atoms with Crippen molar-refractivity contribution < 1.29 is 9.59 Å². The number of allylic oxidation sites excluding steroid dienone is 2. The molecule has 1 aromatic carbocycles. The number of benzene rings is 1. The quantitative estimate of drug-likeness (QED) is 0.580. The highest BCUT2D eigenvalue weighted by atomic mass is 35.5. The average Bonchev–Trinajstić information content (AvgIpc) is 3.04. The molecule has 5 rings (SSSR count). The van der Waals surface area contributed by atoms with Gasteiger partial charge in [0.2, 0.25) is 11.8 Å². The molecule has 1 heterocycles. The zero-order valence-electron chi connectivity index (χ0n) is 11.6. The molecule has 3 nitrogen and oxygen atoms in total. The van der Waals surface area contributed by atoms with Crippen LogP contribution in [0.3, 0.4) is 0 Å². The molecule has 4 unspecified atom stereocenters. The molecule has 1 saturated heterocycles. The van der Waals surface area contributed by atoms with Gasteiger partial charge in [-0.3, -0.25) is 9.59 Å². The van der Waals surface area contributed by atoms with Crippen LogP contribution in [-0.4, -0.2) is 11.8 Å². The Kier molecular flexibility index (Phi) is 2.36. The van der Waals surface area contributed by atoms with Gasteiger partial charge in [-0.05, 0) is 48.3 Å². The number of rotatable bonds is 1. The Bertz CT molecular complexity index is 714. The normalized spacial score (nSPS) is 36.5. The summed E-state index contributed by atoms with van der Waals surface area (Å²) in [4.78, 5) is 27.1. The first-order valence-electron chi connectivity index (χ1n) is 7.55. The summed E-state index contributed by atoms with van der Waals surface area (Å²) in [6.45, 7) is 0. The van der Waals surface area contributed by atoms with Crippen molar-refractivity contribution in [3.8, 4) is 0 Å². The minimum absolute atomic E-state index is 0.0866. The van der Waals surface area contributed by atoms with Gasteiger partial charge in [0, 0.05) is 10.0 Å². The third-order valence-electron chi connectivity index (χ3n) is 5.96. The monoisotopic (exact) mass is 333 g/mol. The highest BCUT2D eigenvalue weighted by Gasteiger charge is 2.73. The first-order chi connectivity index (χ1) is 10.5. The van der Waals surface area contributed by atoms with E-state index in [-0.39, 0.29) is 40.9 Å². The third-order valence-corrected chi connectivity index (χ3v) is 6.39. The third kappa shape index (κ3) is 1.40. The number of halogens is 2. The second kappa shape index (κ2) is 3.95. The van der Waals surface area contributed by atoms with Crippen molar-refractivity contribution in [1.82, 2.24) is 0 Å². The highest BCUT2D eigenvalue weighted by Crippen LogP contribution is 2.73. The summed E-state index contributed by atoms with van der Waals surface area (Å²) in [5, 5.41) is 0.861. The fraction of sp³-hybridized carbons (Fsp3) is 0.412. The van der Waals surface area contributed by atoms with Crippen LogP contribution in [0, 0.1) is 29.1 Å². The molecule has 22 heavy (non-hydrogen) atoms. The number of fused-ring (bicyclic) bond motifs is 3. The van der Waals surface area contributed by atoms with Gasteiger partial charge in [0.05, 0.1) is 17.5 Å². The van der Waals surface area contributed by atoms with E-state index in [4.69, 9.17) is 23.2 Å². The number of hydrogen-bond acceptors (Lipinski definition) is 2. The molecule has 112 valence electrons. The van der Waals surface area contributed by atoms with E-state index in [2.05, 4.69) is 12.2 Å². The van der Waals surface area contributed by atoms with Crippen LogP contribution in [0.4, 0.5) is 5.69 Å². The topological polar surface area (TPSA) is 37.4 Å². The predicted octanol–water partition coefficient (Wildman–Crippen LogP) is 3.70. The molecule has 2 saturated carbocycles. The van der Waals surface area contributed by atoms with Crippen LogP contribution in [0.25, 0.3) is 0 Å². The van der Waals surface area contributed by atoms with Crippen LogP contribution in [0.2, 0.25) is 10.0 Å². The van der Waals surface area contributed by atoms with E-state index >= 15 is 0 Å². The van der Waals surface area contributed by atoms with E-state index in [1.54, 1.807) is 18.2 Å². The first-order valence-corrected chi connectivity index (χ1v) is 8.31. The van der Waals surface area contributed by atoms with Gasteiger partial charge in [-0.1, -0.05) is 35.4 Å². The van der Waals surface area contributed by atoms with Crippen LogP contribution in [0.1, 0.15) is 12.8 Å². The zero-order valence-corrected chi connectivity index (χ0v) is 13.1. The highest BCUT2D eigenvalue weighted by molar-refractivity contribution is 6.35. The molecular weight excluding hydrogens is 321 g/mol. The number of nitrogens with zero attached hydrogens (tertiary/aromatic N) is 1. The Hall–Kier alpha value is -1.32. The Labute approximate surface area is 137 Å². The van der Waals surface area contributed by atoms with E-state index in [0.29, 0.717) is 15.7 Å². The molecule has 2 amide bonds. The van der Waals surface area contributed by atoms with Crippen molar-refractivity contribution in [2.75, 3.05) is 4.90 Å². The van der Waals surface area contributed by atoms with E-state index in [0.717, 1.165) is 12.8 Å². The maximum Gasteiger partial charge on any atom is 0.238 e. The fourth-order valence-corrected chi connectivity index (χ4v) is 5.52. The molecule has 1 spiro atoms. The molecule has 1 aliphatic heterocycles. The standard InChI is InChI=1S/C17H13Cl2NO2/c18-8-5-9(19)7-10(6-8)20-15(21)13-11-1-2-12(14(13)16(20)22)17(11)3-4-17/h1-2,5-7,11-14H,3-4H2. The lowest BCUT2D eigenvalue weighted by Gasteiger charge is -2.22. The molecule has 0 N–H and O–H groups in total. The van der Waals surface area contributed by atoms with E-state index in [1.807, 2.05) is 0 Å². The lowest BCUT2D eigenvalue weighted by molar-refractivity contribution is -0.123. The summed E-state index contributed by atoms with van der Waals surface area (Å²) in [6, 6.07) is 4.86. The van der Waals surface area contributed by atoms with Crippen LogP contribution >= 0.6 is 23.2 Å². The number of anilines is 1. The lowest BCUT2D eigenvalue weighted by Crippen LogP contribution is -2.34. The van der Waals surface area contributed by atoms with Gasteiger partial charge in [0.15, 0.2) is 0 Å². The molecule has 0 radical (unpaired) electrons. The summed E-state index contributed by atoms with van der Waals surface area (Å²) in [7, 11) is 0. The molecule has 3 aliphatic carbocycles. The van der Waals surface area contributed by atoms with Crippen molar-refractivity contribution >= 4 is 40.7 Å². The van der Waals surface area contributed by atoms with Crippen molar-refractivity contribution in [2.24, 2.45) is 29.1 Å². The number of hydrogen-bond donors (Lipinski definition) is 0.